The molecular formula is C24H34N4O8P2. The first-order chi connectivity index (χ1) is 24.1. The normalized spacial score (nSPS) is 20.6. The Morgan fingerprint density at radius 1 is 0.816 bits per heavy atom. The molecule has 2 heterocycles. The fraction of sp³-hybridized carbons (Fsp3) is 0.333. The van der Waals surface area contributed by atoms with Gasteiger partial charge in [0.25, 0.3) is 0 Å². The van der Waals surface area contributed by atoms with E-state index in [0.29, 0.717) is 21.4 Å². The molecule has 0 spiro atoms. The molecule has 0 radical (unpaired) electrons. The molecule has 0 aliphatic carbocycles. The third-order valence-corrected chi connectivity index (χ3v) is 5.63. The summed E-state index contributed by atoms with van der Waals surface area (Å²) in [6.45, 7) is -16.6. The van der Waals surface area contributed by atoms with Crippen molar-refractivity contribution in [3.63, 3.8) is 0 Å². The highest BCUT2D eigenvalue weighted by atomic mass is 31.2. The van der Waals surface area contributed by atoms with E-state index in [2.05, 4.69) is 19.0 Å². The Morgan fingerprint density at radius 3 is 1.82 bits per heavy atom. The average molecular weight is 585 g/mol. The van der Waals surface area contributed by atoms with Gasteiger partial charge in [0.2, 0.25) is 0 Å². The fourth-order valence-corrected chi connectivity index (χ4v) is 4.24. The van der Waals surface area contributed by atoms with Crippen LogP contribution in [0, 0.1) is 0 Å². The van der Waals surface area contributed by atoms with Crippen LogP contribution in [-0.4, -0.2) is 80.3 Å². The van der Waals surface area contributed by atoms with Crippen LogP contribution < -0.4 is 9.05 Å². The summed E-state index contributed by atoms with van der Waals surface area (Å²) >= 11 is 0. The second-order valence-corrected chi connectivity index (χ2v) is 9.84. The molecule has 0 unspecified atom stereocenters. The molecule has 14 heteroatoms. The van der Waals surface area contributed by atoms with Gasteiger partial charge in [-0.05, 0) is 76.1 Å². The summed E-state index contributed by atoms with van der Waals surface area (Å²) in [4.78, 5) is 41.5. The van der Waals surface area contributed by atoms with Crippen molar-refractivity contribution in [1.82, 2.24) is 19.8 Å². The summed E-state index contributed by atoms with van der Waals surface area (Å²) in [5.74, 6) is -0.572. The van der Waals surface area contributed by atoms with E-state index in [1.807, 2.05) is 0 Å². The molecule has 38 heavy (non-hydrogen) atoms. The Morgan fingerprint density at radius 2 is 1.32 bits per heavy atom. The van der Waals surface area contributed by atoms with Gasteiger partial charge in [-0.25, -0.2) is 9.13 Å². The first kappa shape index (κ1) is 14.6. The van der Waals surface area contributed by atoms with E-state index in [9.17, 15) is 9.13 Å². The molecule has 4 aromatic rings. The number of aryl methyl sites for hydroxylation is 1. The van der Waals surface area contributed by atoms with Crippen LogP contribution in [0.15, 0.2) is 48.8 Å². The van der Waals surface area contributed by atoms with Gasteiger partial charge in [-0.2, -0.15) is 0 Å². The Bertz CT molecular complexity index is 2000. The lowest BCUT2D eigenvalue weighted by molar-refractivity contribution is 0.282. The first-order valence-corrected chi connectivity index (χ1v) is 13.4. The van der Waals surface area contributed by atoms with Crippen LogP contribution in [0.2, 0.25) is 0 Å². The number of nitrogens with one attached hydrogen (secondary N) is 2. The smallest absolute Gasteiger partial charge is 0.404 e. The number of likely N-dealkylation sites (N-methyl/N-ethyl adjacent to an activating group) is 2. The van der Waals surface area contributed by atoms with E-state index in [4.69, 9.17) is 41.5 Å². The van der Waals surface area contributed by atoms with Crippen LogP contribution in [0.4, 0.5) is 0 Å². The van der Waals surface area contributed by atoms with Crippen molar-refractivity contribution in [3.05, 3.63) is 59.9 Å². The van der Waals surface area contributed by atoms with E-state index < -0.39 is 72.6 Å². The van der Waals surface area contributed by atoms with Crippen molar-refractivity contribution in [2.45, 2.75) is 12.8 Å². The number of phosphoric ester groups is 2. The Labute approximate surface area is 243 Å². The molecule has 0 bridgehead atoms. The van der Waals surface area contributed by atoms with Crippen LogP contribution in [0.25, 0.3) is 21.8 Å². The molecular weight excluding hydrogens is 534 g/mol. The number of hydrogen-bond donors (Lipinski definition) is 6. The topological polar surface area (TPSA) is 172 Å². The van der Waals surface area contributed by atoms with Crippen molar-refractivity contribution in [3.8, 4) is 11.5 Å². The van der Waals surface area contributed by atoms with Crippen molar-refractivity contribution in [2.75, 3.05) is 40.9 Å². The van der Waals surface area contributed by atoms with Crippen molar-refractivity contribution >= 4 is 37.5 Å². The molecule has 4 rings (SSSR count). The van der Waals surface area contributed by atoms with E-state index in [1.165, 1.54) is 30.5 Å². The maximum Gasteiger partial charge on any atom is 0.524 e. The number of benzene rings is 2. The van der Waals surface area contributed by atoms with Gasteiger partial charge < -0.3 is 28.8 Å². The zero-order valence-electron chi connectivity index (χ0n) is 35.2. The van der Waals surface area contributed by atoms with Gasteiger partial charge in [-0.1, -0.05) is 12.1 Å². The third kappa shape index (κ3) is 8.69. The van der Waals surface area contributed by atoms with E-state index >= 15 is 0 Å². The van der Waals surface area contributed by atoms with Gasteiger partial charge in [0, 0.05) is 69.2 Å². The van der Waals surface area contributed by atoms with Crippen LogP contribution in [0.5, 0.6) is 11.5 Å². The van der Waals surface area contributed by atoms with E-state index in [0.717, 1.165) is 12.3 Å². The van der Waals surface area contributed by atoms with Crippen LogP contribution >= 0.6 is 15.6 Å². The van der Waals surface area contributed by atoms with Crippen molar-refractivity contribution < 1.29 is 59.7 Å². The summed E-state index contributed by atoms with van der Waals surface area (Å²) in [5.41, 5.74) is 0.521. The van der Waals surface area contributed by atoms with E-state index in [1.54, 1.807) is 6.07 Å². The molecule has 6 N–H and O–H groups in total. The van der Waals surface area contributed by atoms with Crippen LogP contribution in [-0.2, 0) is 21.9 Å². The number of nitrogens with zero attached hydrogens (tertiary/aromatic N) is 2. The predicted octanol–water partition coefficient (Wildman–Crippen LogP) is 3.49. The minimum atomic E-state index is -5.07. The lowest BCUT2D eigenvalue weighted by atomic mass is 10.1. The van der Waals surface area contributed by atoms with Gasteiger partial charge in [0.1, 0.15) is 11.5 Å². The molecule has 0 amide bonds. The van der Waals surface area contributed by atoms with Crippen LogP contribution in [0.1, 0.15) is 33.1 Å². The summed E-state index contributed by atoms with van der Waals surface area (Å²) in [6, 6.07) is 8.35. The summed E-state index contributed by atoms with van der Waals surface area (Å²) < 4.78 is 153. The lowest BCUT2D eigenvalue weighted by Gasteiger charge is -2.11. The fourth-order valence-electron chi connectivity index (χ4n) is 3.42. The standard InChI is InChI=1S/2C12H17N2O4P/c2*1-14(2)7-6-9-8-13-10-4-3-5-11(12(9)10)18-19(15,16)17/h2*3-5,8,13H,6-7H2,1-2H3,(H2,15,16,17)/i1D3,2D3,6D2,7D2;1D3,2D3. The second-order valence-electron chi connectivity index (χ2n) is 7.51. The number of rotatable bonds is 10. The quantitative estimate of drug-likeness (QED) is 0.152. The highest BCUT2D eigenvalue weighted by Crippen LogP contribution is 2.42. The molecule has 2 aromatic carbocycles. The lowest BCUT2D eigenvalue weighted by Crippen LogP contribution is -2.14. The number of phosphoric acid groups is 2. The van der Waals surface area contributed by atoms with Crippen molar-refractivity contribution in [2.24, 2.45) is 0 Å². The van der Waals surface area contributed by atoms with Gasteiger partial charge in [0.05, 0.1) is 0 Å². The average Bonchev–Trinajstić information content (AvgIpc) is 3.54. The SMILES string of the molecule is [2H]C([2H])([2H])N(C([2H])([2H])[2H])C([2H])([2H])C([2H])([2H])c1c[nH]c2cccc(OP(=O)(O)O)c12.[2H]C([2H])([2H])N(CCc1c[nH]c2cccc(OP(=O)(O)O)c12)C([2H])([2H])[2H]. The molecule has 0 saturated heterocycles. The van der Waals surface area contributed by atoms with Gasteiger partial charge in [-0.15, -0.1) is 0 Å². The molecule has 2 aromatic heterocycles. The molecule has 12 nitrogen and oxygen atoms in total. The summed E-state index contributed by atoms with van der Waals surface area (Å²) in [5, 5.41) is 0.0857. The second kappa shape index (κ2) is 12.5. The molecule has 0 aliphatic rings. The number of H-pyrrole nitrogens is 2. The number of hydrogen-bond acceptors (Lipinski definition) is 6. The molecule has 0 atom stereocenters. The monoisotopic (exact) mass is 584 g/mol. The molecule has 0 aliphatic heterocycles. The number of fused-ring (bicyclic) bond motifs is 2. The minimum absolute atomic E-state index is 0.0261. The summed E-state index contributed by atoms with van der Waals surface area (Å²) in [6.07, 6.45) is -0.776. The maximum absolute atomic E-state index is 11.2. The highest BCUT2D eigenvalue weighted by molar-refractivity contribution is 7.47. The zero-order chi connectivity index (χ0) is 41.7. The number of aromatic nitrogens is 2. The largest absolute Gasteiger partial charge is 0.524 e. The minimum Gasteiger partial charge on any atom is -0.404 e. The zero-order valence-corrected chi connectivity index (χ0v) is 21.0. The highest BCUT2D eigenvalue weighted by Gasteiger charge is 2.20. The first-order valence-electron chi connectivity index (χ1n) is 18.4. The predicted molar refractivity (Wildman–Crippen MR) is 146 cm³/mol. The Kier molecular flexibility index (Phi) is 4.80. The molecule has 208 valence electrons. The number of aromatic amines is 2. The molecule has 0 fully saturated rings. The van der Waals surface area contributed by atoms with Gasteiger partial charge in [0.15, 0.2) is 0 Å². The summed E-state index contributed by atoms with van der Waals surface area (Å²) in [7, 11) is -9.86. The maximum atomic E-state index is 11.2. The van der Waals surface area contributed by atoms with Gasteiger partial charge >= 0.3 is 15.6 Å². The van der Waals surface area contributed by atoms with E-state index in [-0.39, 0.29) is 29.6 Å². The van der Waals surface area contributed by atoms with Gasteiger partial charge in [-0.3, -0.25) is 19.6 Å². The third-order valence-electron chi connectivity index (χ3n) is 4.76. The van der Waals surface area contributed by atoms with Crippen molar-refractivity contribution in [1.29, 1.82) is 0 Å². The van der Waals surface area contributed by atoms with Crippen LogP contribution in [0.3, 0.4) is 0 Å². The Balaban J connectivity index is 0.000000294. The Hall–Kier alpha value is -2.66. The molecule has 0 saturated carbocycles.